The molecule has 1 aliphatic heterocycles. The van der Waals surface area contributed by atoms with Gasteiger partial charge in [-0.05, 0) is 25.1 Å². The minimum atomic E-state index is 0.0598. The summed E-state index contributed by atoms with van der Waals surface area (Å²) in [6, 6.07) is 7.52. The summed E-state index contributed by atoms with van der Waals surface area (Å²) >= 11 is 6.05. The Kier molecular flexibility index (Phi) is 5.45. The molecule has 3 rings (SSSR count). The van der Waals surface area contributed by atoms with Crippen molar-refractivity contribution >= 4 is 17.5 Å². The molecule has 25 heavy (non-hydrogen) atoms. The van der Waals surface area contributed by atoms with Gasteiger partial charge < -0.3 is 9.32 Å². The molecule has 1 aromatic heterocycles. The van der Waals surface area contributed by atoms with E-state index in [1.807, 2.05) is 49.9 Å². The predicted molar refractivity (Wildman–Crippen MR) is 98.4 cm³/mol. The van der Waals surface area contributed by atoms with Gasteiger partial charge in [0.15, 0.2) is 0 Å². The summed E-state index contributed by atoms with van der Waals surface area (Å²) < 4.78 is 5.83. The van der Waals surface area contributed by atoms with Gasteiger partial charge in [-0.3, -0.25) is 9.69 Å². The lowest BCUT2D eigenvalue weighted by Gasteiger charge is -2.35. The zero-order chi connectivity index (χ0) is 18.0. The molecule has 0 N–H and O–H groups in total. The smallest absolute Gasteiger partial charge is 0.226 e. The molecule has 1 saturated heterocycles. The Morgan fingerprint density at radius 3 is 2.64 bits per heavy atom. The highest BCUT2D eigenvalue weighted by molar-refractivity contribution is 6.30. The Hall–Kier alpha value is -1.85. The van der Waals surface area contributed by atoms with Gasteiger partial charge in [0.1, 0.15) is 5.76 Å². The maximum Gasteiger partial charge on any atom is 0.226 e. The molecule has 1 aliphatic rings. The molecular formula is C19H24ClN3O2. The molecule has 6 heteroatoms. The molecule has 0 unspecified atom stereocenters. The number of oxazole rings is 1. The molecule has 1 aromatic carbocycles. The van der Waals surface area contributed by atoms with Gasteiger partial charge >= 0.3 is 0 Å². The summed E-state index contributed by atoms with van der Waals surface area (Å²) in [5.74, 6) is 1.73. The number of rotatable bonds is 4. The van der Waals surface area contributed by atoms with Crippen LogP contribution in [0.1, 0.15) is 25.3 Å². The van der Waals surface area contributed by atoms with Gasteiger partial charge in [0.05, 0.1) is 5.69 Å². The SMILES string of the molecule is Cc1oc(-c2cccc(Cl)c2)nc1CN1CCN(C(=O)C(C)C)CC1. The molecule has 0 radical (unpaired) electrons. The molecule has 2 heterocycles. The van der Waals surface area contributed by atoms with Crippen molar-refractivity contribution in [1.82, 2.24) is 14.8 Å². The third-order valence-corrected chi connectivity index (χ3v) is 4.75. The summed E-state index contributed by atoms with van der Waals surface area (Å²) in [5, 5.41) is 0.667. The number of amides is 1. The summed E-state index contributed by atoms with van der Waals surface area (Å²) in [4.78, 5) is 21.0. The van der Waals surface area contributed by atoms with E-state index < -0.39 is 0 Å². The monoisotopic (exact) mass is 361 g/mol. The van der Waals surface area contributed by atoms with E-state index in [1.54, 1.807) is 0 Å². The maximum atomic E-state index is 12.1. The van der Waals surface area contributed by atoms with Crippen molar-refractivity contribution in [2.75, 3.05) is 26.2 Å². The number of piperazine rings is 1. The van der Waals surface area contributed by atoms with Gasteiger partial charge in [0.25, 0.3) is 0 Å². The zero-order valence-electron chi connectivity index (χ0n) is 15.0. The fourth-order valence-electron chi connectivity index (χ4n) is 3.02. The van der Waals surface area contributed by atoms with E-state index in [-0.39, 0.29) is 11.8 Å². The standard InChI is InChI=1S/C19H24ClN3O2/c1-13(2)19(24)23-9-7-22(8-10-23)12-17-14(3)25-18(21-17)15-5-4-6-16(20)11-15/h4-6,11,13H,7-10,12H2,1-3H3. The van der Waals surface area contributed by atoms with Crippen LogP contribution in [0, 0.1) is 12.8 Å². The van der Waals surface area contributed by atoms with Gasteiger partial charge in [0, 0.05) is 49.2 Å². The summed E-state index contributed by atoms with van der Waals surface area (Å²) in [5.41, 5.74) is 1.83. The van der Waals surface area contributed by atoms with E-state index in [0.29, 0.717) is 10.9 Å². The van der Waals surface area contributed by atoms with Crippen molar-refractivity contribution in [3.05, 3.63) is 40.7 Å². The average Bonchev–Trinajstić information content (AvgIpc) is 2.96. The highest BCUT2D eigenvalue weighted by atomic mass is 35.5. The second kappa shape index (κ2) is 7.58. The van der Waals surface area contributed by atoms with E-state index in [1.165, 1.54) is 0 Å². The Balaban J connectivity index is 1.64. The molecular weight excluding hydrogens is 338 g/mol. The molecule has 2 aromatic rings. The molecule has 0 bridgehead atoms. The number of halogens is 1. The van der Waals surface area contributed by atoms with E-state index in [4.69, 9.17) is 16.0 Å². The van der Waals surface area contributed by atoms with Gasteiger partial charge in [-0.1, -0.05) is 31.5 Å². The molecule has 1 amide bonds. The Morgan fingerprint density at radius 1 is 1.28 bits per heavy atom. The molecule has 0 atom stereocenters. The molecule has 0 saturated carbocycles. The molecule has 134 valence electrons. The number of aryl methyl sites for hydroxylation is 1. The first-order valence-electron chi connectivity index (χ1n) is 8.67. The first-order chi connectivity index (χ1) is 11.9. The van der Waals surface area contributed by atoms with Crippen molar-refractivity contribution in [1.29, 1.82) is 0 Å². The van der Waals surface area contributed by atoms with Crippen molar-refractivity contribution in [2.24, 2.45) is 5.92 Å². The van der Waals surface area contributed by atoms with Crippen LogP contribution in [0.25, 0.3) is 11.5 Å². The first kappa shape index (κ1) is 18.0. The van der Waals surface area contributed by atoms with Crippen LogP contribution < -0.4 is 0 Å². The van der Waals surface area contributed by atoms with E-state index in [0.717, 1.165) is 49.7 Å². The Bertz CT molecular complexity index is 749. The van der Waals surface area contributed by atoms with Crippen LogP contribution in [-0.4, -0.2) is 46.9 Å². The van der Waals surface area contributed by atoms with Crippen LogP contribution in [0.3, 0.4) is 0 Å². The second-order valence-electron chi connectivity index (χ2n) is 6.79. The number of hydrogen-bond donors (Lipinski definition) is 0. The summed E-state index contributed by atoms with van der Waals surface area (Å²) in [6.45, 7) is 9.84. The van der Waals surface area contributed by atoms with E-state index >= 15 is 0 Å². The number of hydrogen-bond acceptors (Lipinski definition) is 4. The van der Waals surface area contributed by atoms with Crippen molar-refractivity contribution < 1.29 is 9.21 Å². The topological polar surface area (TPSA) is 49.6 Å². The summed E-state index contributed by atoms with van der Waals surface area (Å²) in [6.07, 6.45) is 0. The highest BCUT2D eigenvalue weighted by Gasteiger charge is 2.24. The molecule has 1 fully saturated rings. The Morgan fingerprint density at radius 2 is 2.00 bits per heavy atom. The second-order valence-corrected chi connectivity index (χ2v) is 7.22. The van der Waals surface area contributed by atoms with Gasteiger partial charge in [-0.25, -0.2) is 4.98 Å². The number of nitrogens with zero attached hydrogens (tertiary/aromatic N) is 3. The predicted octanol–water partition coefficient (Wildman–Crippen LogP) is 3.60. The lowest BCUT2D eigenvalue weighted by atomic mass is 10.1. The van der Waals surface area contributed by atoms with Crippen LogP contribution in [-0.2, 0) is 11.3 Å². The number of carbonyl (C=O) groups excluding carboxylic acids is 1. The molecule has 0 aliphatic carbocycles. The maximum absolute atomic E-state index is 12.1. The van der Waals surface area contributed by atoms with E-state index in [2.05, 4.69) is 9.88 Å². The summed E-state index contributed by atoms with van der Waals surface area (Å²) in [7, 11) is 0. The normalized spacial score (nSPS) is 15.8. The zero-order valence-corrected chi connectivity index (χ0v) is 15.7. The number of aromatic nitrogens is 1. The molecule has 0 spiro atoms. The first-order valence-corrected chi connectivity index (χ1v) is 9.05. The number of benzene rings is 1. The third-order valence-electron chi connectivity index (χ3n) is 4.52. The Labute approximate surface area is 153 Å². The van der Waals surface area contributed by atoms with Crippen molar-refractivity contribution in [3.8, 4) is 11.5 Å². The fraction of sp³-hybridized carbons (Fsp3) is 0.474. The van der Waals surface area contributed by atoms with Gasteiger partial charge in [-0.15, -0.1) is 0 Å². The molecule has 5 nitrogen and oxygen atoms in total. The lowest BCUT2D eigenvalue weighted by molar-refractivity contribution is -0.136. The van der Waals surface area contributed by atoms with Crippen molar-refractivity contribution in [2.45, 2.75) is 27.3 Å². The fourth-order valence-corrected chi connectivity index (χ4v) is 3.21. The van der Waals surface area contributed by atoms with Crippen molar-refractivity contribution in [3.63, 3.8) is 0 Å². The lowest BCUT2D eigenvalue weighted by Crippen LogP contribution is -2.49. The average molecular weight is 362 g/mol. The van der Waals surface area contributed by atoms with Crippen LogP contribution in [0.5, 0.6) is 0 Å². The minimum Gasteiger partial charge on any atom is -0.441 e. The third kappa shape index (κ3) is 4.22. The van der Waals surface area contributed by atoms with Crippen LogP contribution >= 0.6 is 11.6 Å². The highest BCUT2D eigenvalue weighted by Crippen LogP contribution is 2.25. The van der Waals surface area contributed by atoms with Crippen LogP contribution in [0.15, 0.2) is 28.7 Å². The van der Waals surface area contributed by atoms with E-state index in [9.17, 15) is 4.79 Å². The van der Waals surface area contributed by atoms with Crippen LogP contribution in [0.4, 0.5) is 0 Å². The van der Waals surface area contributed by atoms with Gasteiger partial charge in [0.2, 0.25) is 11.8 Å². The van der Waals surface area contributed by atoms with Crippen LogP contribution in [0.2, 0.25) is 5.02 Å². The van der Waals surface area contributed by atoms with Gasteiger partial charge in [-0.2, -0.15) is 0 Å². The quantitative estimate of drug-likeness (QED) is 0.834. The minimum absolute atomic E-state index is 0.0598. The number of carbonyl (C=O) groups is 1. The largest absolute Gasteiger partial charge is 0.441 e.